The number of esters is 3. The minimum absolute atomic E-state index is 0.119. The van der Waals surface area contributed by atoms with E-state index in [1.54, 1.807) is 0 Å². The number of unbranched alkanes of at least 4 members (excludes halogenated alkanes) is 16. The second-order valence-electron chi connectivity index (χ2n) is 18.8. The first-order chi connectivity index (χ1) is 36.0. The standard InChI is InChI=1S/C67H106O6/c1-4-7-10-13-16-19-22-24-26-28-30-31-32-33-34-35-37-38-40-42-45-48-51-54-57-60-66(69)72-63-64(62-71-65(68)59-56-53-50-47-44-21-18-15-12-9-6-3)73-67(70)61-58-55-52-49-46-43-41-39-36-29-27-25-23-20-17-14-11-8-5-2/h7-8,10-11,15-20,24-27,30-31,33-34,36,39,43,46,52,55,64H,4-6,9,12-14,21-23,28-29,32,35,37-38,40-42,44-45,47-51,53-54,56-63H2,1-3H3/b10-7-,11-8-,18-15-,19-16-,20-17-,26-24-,27-25-,31-30-,34-33-,39-36-,46-43-,55-52-. The van der Waals surface area contributed by atoms with Crippen molar-refractivity contribution >= 4 is 17.9 Å². The van der Waals surface area contributed by atoms with Gasteiger partial charge in [-0.15, -0.1) is 0 Å². The van der Waals surface area contributed by atoms with E-state index in [1.165, 1.54) is 64.2 Å². The Kier molecular flexibility index (Phi) is 56.0. The van der Waals surface area contributed by atoms with Crippen molar-refractivity contribution in [2.75, 3.05) is 13.2 Å². The van der Waals surface area contributed by atoms with Gasteiger partial charge in [0.05, 0.1) is 0 Å². The lowest BCUT2D eigenvalue weighted by atomic mass is 10.1. The molecule has 0 radical (unpaired) electrons. The molecule has 0 aromatic heterocycles. The van der Waals surface area contributed by atoms with E-state index in [0.29, 0.717) is 19.3 Å². The number of rotatable bonds is 51. The lowest BCUT2D eigenvalue weighted by molar-refractivity contribution is -0.166. The van der Waals surface area contributed by atoms with Crippen LogP contribution in [0.5, 0.6) is 0 Å². The zero-order valence-electron chi connectivity index (χ0n) is 46.8. The summed E-state index contributed by atoms with van der Waals surface area (Å²) in [7, 11) is 0. The second kappa shape index (κ2) is 59.8. The molecular formula is C67H106O6. The van der Waals surface area contributed by atoms with Gasteiger partial charge in [-0.3, -0.25) is 14.4 Å². The van der Waals surface area contributed by atoms with Crippen molar-refractivity contribution in [3.63, 3.8) is 0 Å². The molecule has 6 nitrogen and oxygen atoms in total. The van der Waals surface area contributed by atoms with Gasteiger partial charge in [0.1, 0.15) is 13.2 Å². The van der Waals surface area contributed by atoms with Crippen LogP contribution in [0.3, 0.4) is 0 Å². The molecule has 0 amide bonds. The van der Waals surface area contributed by atoms with E-state index in [-0.39, 0.29) is 31.6 Å². The summed E-state index contributed by atoms with van der Waals surface area (Å²) in [6, 6.07) is 0. The number of hydrogen-bond acceptors (Lipinski definition) is 6. The molecule has 1 atom stereocenters. The fourth-order valence-electron chi connectivity index (χ4n) is 7.47. The van der Waals surface area contributed by atoms with Crippen molar-refractivity contribution in [2.45, 2.75) is 245 Å². The average molecular weight is 1010 g/mol. The monoisotopic (exact) mass is 1010 g/mol. The smallest absolute Gasteiger partial charge is 0.306 e. The van der Waals surface area contributed by atoms with Crippen LogP contribution >= 0.6 is 0 Å². The molecule has 0 aliphatic heterocycles. The molecular weight excluding hydrogens is 901 g/mol. The van der Waals surface area contributed by atoms with Crippen LogP contribution in [-0.2, 0) is 28.6 Å². The Balaban J connectivity index is 4.44. The zero-order chi connectivity index (χ0) is 52.9. The van der Waals surface area contributed by atoms with E-state index in [4.69, 9.17) is 14.2 Å². The number of allylic oxidation sites excluding steroid dienone is 24. The Labute approximate surface area is 448 Å². The van der Waals surface area contributed by atoms with E-state index in [2.05, 4.69) is 154 Å². The van der Waals surface area contributed by atoms with Crippen LogP contribution in [0, 0.1) is 0 Å². The summed E-state index contributed by atoms with van der Waals surface area (Å²) in [5, 5.41) is 0. The SMILES string of the molecule is CC/C=C\C/C=C\C/C=C\C/C=C\C/C=C\C/C=C\CCC(=O)OC(COC(=O)CCCCCCC/C=C\CCCC)COC(=O)CCCCCCCCCCC/C=C\C/C=C\C/C=C\C/C=C\C/C=C\CC. The maximum Gasteiger partial charge on any atom is 0.306 e. The molecule has 0 bridgehead atoms. The molecule has 0 aromatic rings. The maximum absolute atomic E-state index is 12.8. The van der Waals surface area contributed by atoms with E-state index in [9.17, 15) is 14.4 Å². The molecule has 1 unspecified atom stereocenters. The number of carbonyl (C=O) groups excluding carboxylic acids is 3. The highest BCUT2D eigenvalue weighted by atomic mass is 16.6. The highest BCUT2D eigenvalue weighted by Crippen LogP contribution is 2.14. The largest absolute Gasteiger partial charge is 0.462 e. The van der Waals surface area contributed by atoms with Gasteiger partial charge in [0, 0.05) is 19.3 Å². The fraction of sp³-hybridized carbons (Fsp3) is 0.597. The predicted octanol–water partition coefficient (Wildman–Crippen LogP) is 20.0. The third kappa shape index (κ3) is 58.1. The van der Waals surface area contributed by atoms with E-state index in [1.807, 2.05) is 12.2 Å². The zero-order valence-corrected chi connectivity index (χ0v) is 46.8. The van der Waals surface area contributed by atoms with Crippen LogP contribution in [0.25, 0.3) is 0 Å². The van der Waals surface area contributed by atoms with Crippen LogP contribution in [0.2, 0.25) is 0 Å². The minimum Gasteiger partial charge on any atom is -0.462 e. The Morgan fingerprint density at radius 2 is 0.562 bits per heavy atom. The molecule has 0 aliphatic carbocycles. The normalized spacial score (nSPS) is 13.2. The molecule has 0 N–H and O–H groups in total. The highest BCUT2D eigenvalue weighted by molar-refractivity contribution is 5.71. The molecule has 0 spiro atoms. The Bertz CT molecular complexity index is 1630. The minimum atomic E-state index is -0.830. The lowest BCUT2D eigenvalue weighted by Gasteiger charge is -2.18. The van der Waals surface area contributed by atoms with Gasteiger partial charge in [-0.25, -0.2) is 0 Å². The second-order valence-corrected chi connectivity index (χ2v) is 18.8. The van der Waals surface area contributed by atoms with E-state index >= 15 is 0 Å². The maximum atomic E-state index is 12.8. The Morgan fingerprint density at radius 1 is 0.288 bits per heavy atom. The summed E-state index contributed by atoms with van der Waals surface area (Å²) in [5.74, 6) is -1.03. The third-order valence-corrected chi connectivity index (χ3v) is 11.8. The molecule has 0 aliphatic rings. The number of hydrogen-bond donors (Lipinski definition) is 0. The topological polar surface area (TPSA) is 78.9 Å². The van der Waals surface area contributed by atoms with Gasteiger partial charge in [-0.05, 0) is 122 Å². The molecule has 0 saturated carbocycles. The van der Waals surface area contributed by atoms with Gasteiger partial charge < -0.3 is 14.2 Å². The summed E-state index contributed by atoms with van der Waals surface area (Å²) in [6.45, 7) is 6.29. The quantitative estimate of drug-likeness (QED) is 0.0261. The van der Waals surface area contributed by atoms with Gasteiger partial charge in [0.2, 0.25) is 0 Å². The molecule has 0 fully saturated rings. The van der Waals surface area contributed by atoms with Crippen LogP contribution in [0.1, 0.15) is 239 Å². The van der Waals surface area contributed by atoms with Gasteiger partial charge in [-0.2, -0.15) is 0 Å². The van der Waals surface area contributed by atoms with Crippen molar-refractivity contribution in [1.82, 2.24) is 0 Å². The molecule has 73 heavy (non-hydrogen) atoms. The number of ether oxygens (including phenoxy) is 3. The molecule has 0 saturated heterocycles. The molecule has 410 valence electrons. The van der Waals surface area contributed by atoms with E-state index < -0.39 is 12.1 Å². The van der Waals surface area contributed by atoms with Crippen LogP contribution in [0.4, 0.5) is 0 Å². The van der Waals surface area contributed by atoms with Crippen LogP contribution in [0.15, 0.2) is 146 Å². The van der Waals surface area contributed by atoms with Gasteiger partial charge >= 0.3 is 17.9 Å². The summed E-state index contributed by atoms with van der Waals surface area (Å²) < 4.78 is 16.8. The van der Waals surface area contributed by atoms with Crippen molar-refractivity contribution in [3.8, 4) is 0 Å². The lowest BCUT2D eigenvalue weighted by Crippen LogP contribution is -2.30. The first kappa shape index (κ1) is 68.3. The van der Waals surface area contributed by atoms with Crippen LogP contribution < -0.4 is 0 Å². The fourth-order valence-corrected chi connectivity index (χ4v) is 7.47. The van der Waals surface area contributed by atoms with Crippen LogP contribution in [-0.4, -0.2) is 37.2 Å². The summed E-state index contributed by atoms with van der Waals surface area (Å²) in [5.41, 5.74) is 0. The first-order valence-electron chi connectivity index (χ1n) is 29.3. The predicted molar refractivity (Wildman–Crippen MR) is 315 cm³/mol. The molecule has 0 heterocycles. The Morgan fingerprint density at radius 3 is 0.904 bits per heavy atom. The summed E-state index contributed by atoms with van der Waals surface area (Å²) >= 11 is 0. The Hall–Kier alpha value is -4.71. The average Bonchev–Trinajstić information content (AvgIpc) is 3.39. The molecule has 0 rings (SSSR count). The summed E-state index contributed by atoms with van der Waals surface area (Å²) in [4.78, 5) is 38.1. The van der Waals surface area contributed by atoms with Crippen molar-refractivity contribution < 1.29 is 28.6 Å². The van der Waals surface area contributed by atoms with Gasteiger partial charge in [-0.1, -0.05) is 244 Å². The van der Waals surface area contributed by atoms with Crippen molar-refractivity contribution in [1.29, 1.82) is 0 Å². The van der Waals surface area contributed by atoms with Crippen molar-refractivity contribution in [3.05, 3.63) is 146 Å². The van der Waals surface area contributed by atoms with Gasteiger partial charge in [0.15, 0.2) is 6.10 Å². The van der Waals surface area contributed by atoms with Crippen molar-refractivity contribution in [2.24, 2.45) is 0 Å². The van der Waals surface area contributed by atoms with Gasteiger partial charge in [0.25, 0.3) is 0 Å². The van der Waals surface area contributed by atoms with E-state index in [0.717, 1.165) is 128 Å². The number of carbonyl (C=O) groups is 3. The highest BCUT2D eigenvalue weighted by Gasteiger charge is 2.19. The third-order valence-electron chi connectivity index (χ3n) is 11.8. The summed E-state index contributed by atoms with van der Waals surface area (Å²) in [6.07, 6.45) is 85.7. The molecule has 6 heteroatoms. The molecule has 0 aromatic carbocycles. The first-order valence-corrected chi connectivity index (χ1v) is 29.3.